The Labute approximate surface area is 110 Å². The summed E-state index contributed by atoms with van der Waals surface area (Å²) in [7, 11) is 1.63. The Bertz CT molecular complexity index is 644. The van der Waals surface area contributed by atoms with Crippen LogP contribution in [0.4, 0.5) is 5.69 Å². The second kappa shape index (κ2) is 5.49. The highest BCUT2D eigenvalue weighted by Crippen LogP contribution is 2.08. The number of anilines is 1. The molecule has 98 valence electrons. The van der Waals surface area contributed by atoms with E-state index < -0.39 is 0 Å². The maximum absolute atomic E-state index is 12.0. The molecular weight excluding hydrogens is 242 g/mol. The van der Waals surface area contributed by atoms with Gasteiger partial charge in [-0.3, -0.25) is 9.59 Å². The summed E-state index contributed by atoms with van der Waals surface area (Å²) in [6, 6.07) is 10.1. The normalized spacial score (nSPS) is 10.2. The number of nitrogens with two attached hydrogens (primary N) is 1. The third-order valence-corrected chi connectivity index (χ3v) is 2.80. The maximum Gasteiger partial charge on any atom is 0.255 e. The quantitative estimate of drug-likeness (QED) is 0.864. The van der Waals surface area contributed by atoms with Crippen molar-refractivity contribution in [1.82, 2.24) is 4.57 Å². The van der Waals surface area contributed by atoms with Gasteiger partial charge in [-0.1, -0.05) is 12.1 Å². The minimum Gasteiger partial charge on any atom is -0.326 e. The number of aromatic nitrogens is 1. The number of nitrogens with one attached hydrogen (secondary N) is 1. The first-order valence-electron chi connectivity index (χ1n) is 5.87. The van der Waals surface area contributed by atoms with Gasteiger partial charge < -0.3 is 15.6 Å². The van der Waals surface area contributed by atoms with Crippen LogP contribution in [0.3, 0.4) is 0 Å². The summed E-state index contributed by atoms with van der Waals surface area (Å²) < 4.78 is 1.41. The molecule has 1 heterocycles. The maximum atomic E-state index is 12.0. The fraction of sp³-hybridized carbons (Fsp3) is 0.143. The molecule has 0 atom stereocenters. The Morgan fingerprint density at radius 3 is 2.47 bits per heavy atom. The van der Waals surface area contributed by atoms with Gasteiger partial charge in [-0.15, -0.1) is 0 Å². The molecule has 1 aromatic heterocycles. The van der Waals surface area contributed by atoms with Gasteiger partial charge in [0.05, 0.1) is 5.69 Å². The lowest BCUT2D eigenvalue weighted by molar-refractivity contribution is 0.102. The van der Waals surface area contributed by atoms with Crippen molar-refractivity contribution in [2.24, 2.45) is 12.8 Å². The summed E-state index contributed by atoms with van der Waals surface area (Å²) in [5.41, 5.74) is 7.47. The van der Waals surface area contributed by atoms with E-state index in [9.17, 15) is 9.59 Å². The van der Waals surface area contributed by atoms with E-state index in [4.69, 9.17) is 5.73 Å². The number of hydrogen-bond donors (Lipinski definition) is 2. The van der Waals surface area contributed by atoms with E-state index in [1.54, 1.807) is 31.4 Å². The van der Waals surface area contributed by atoms with Gasteiger partial charge in [0, 0.05) is 31.4 Å². The van der Waals surface area contributed by atoms with E-state index in [2.05, 4.69) is 5.32 Å². The largest absolute Gasteiger partial charge is 0.326 e. The zero-order valence-electron chi connectivity index (χ0n) is 10.6. The van der Waals surface area contributed by atoms with Gasteiger partial charge in [-0.2, -0.15) is 0 Å². The Hall–Kier alpha value is -2.40. The molecule has 0 saturated carbocycles. The van der Waals surface area contributed by atoms with Crippen LogP contribution >= 0.6 is 0 Å². The van der Waals surface area contributed by atoms with E-state index >= 15 is 0 Å². The number of aryl methyl sites for hydroxylation is 1. The molecule has 0 spiro atoms. The molecule has 0 saturated heterocycles. The molecule has 0 radical (unpaired) electrons. The van der Waals surface area contributed by atoms with Crippen LogP contribution in [0.5, 0.6) is 0 Å². The van der Waals surface area contributed by atoms with Gasteiger partial charge in [0.2, 0.25) is 5.56 Å². The van der Waals surface area contributed by atoms with Crippen molar-refractivity contribution in [2.45, 2.75) is 6.54 Å². The monoisotopic (exact) mass is 257 g/mol. The van der Waals surface area contributed by atoms with Gasteiger partial charge in [0.15, 0.2) is 0 Å². The molecule has 2 aromatic rings. The number of hydrogen-bond acceptors (Lipinski definition) is 3. The van der Waals surface area contributed by atoms with E-state index in [0.29, 0.717) is 17.8 Å². The van der Waals surface area contributed by atoms with Crippen molar-refractivity contribution in [3.8, 4) is 0 Å². The molecular formula is C14H15N3O2. The molecule has 5 nitrogen and oxygen atoms in total. The Morgan fingerprint density at radius 1 is 1.21 bits per heavy atom. The SMILES string of the molecule is Cn1cc(NC(=O)c2ccc(CN)cc2)ccc1=O. The number of rotatable bonds is 3. The van der Waals surface area contributed by atoms with Crippen LogP contribution < -0.4 is 16.6 Å². The zero-order valence-corrected chi connectivity index (χ0v) is 10.6. The molecule has 0 unspecified atom stereocenters. The number of amides is 1. The highest BCUT2D eigenvalue weighted by Gasteiger charge is 2.06. The average Bonchev–Trinajstić information content (AvgIpc) is 2.43. The Morgan fingerprint density at radius 2 is 1.89 bits per heavy atom. The third-order valence-electron chi connectivity index (χ3n) is 2.80. The fourth-order valence-corrected chi connectivity index (χ4v) is 1.66. The third kappa shape index (κ3) is 3.08. The Balaban J connectivity index is 2.15. The zero-order chi connectivity index (χ0) is 13.8. The molecule has 5 heteroatoms. The summed E-state index contributed by atoms with van der Waals surface area (Å²) in [6.45, 7) is 0.447. The number of carbonyl (C=O) groups is 1. The van der Waals surface area contributed by atoms with E-state index in [1.165, 1.54) is 10.6 Å². The predicted octanol–water partition coefficient (Wildman–Crippen LogP) is 1.10. The first-order chi connectivity index (χ1) is 9.10. The summed E-state index contributed by atoms with van der Waals surface area (Å²) in [6.07, 6.45) is 1.58. The van der Waals surface area contributed by atoms with Gasteiger partial charge in [0.25, 0.3) is 5.91 Å². The average molecular weight is 257 g/mol. The topological polar surface area (TPSA) is 77.1 Å². The molecule has 1 aromatic carbocycles. The number of pyridine rings is 1. The lowest BCUT2D eigenvalue weighted by Gasteiger charge is -2.07. The van der Waals surface area contributed by atoms with Crippen LogP contribution in [0.15, 0.2) is 47.4 Å². The minimum atomic E-state index is -0.220. The van der Waals surface area contributed by atoms with Gasteiger partial charge in [-0.05, 0) is 23.8 Å². The predicted molar refractivity (Wildman–Crippen MR) is 74.0 cm³/mol. The second-order valence-corrected chi connectivity index (χ2v) is 4.22. The molecule has 0 aliphatic carbocycles. The smallest absolute Gasteiger partial charge is 0.255 e. The van der Waals surface area contributed by atoms with Crippen molar-refractivity contribution >= 4 is 11.6 Å². The fourth-order valence-electron chi connectivity index (χ4n) is 1.66. The second-order valence-electron chi connectivity index (χ2n) is 4.22. The summed E-state index contributed by atoms with van der Waals surface area (Å²) in [4.78, 5) is 23.2. The standard InChI is InChI=1S/C14H15N3O2/c1-17-9-12(6-7-13(17)18)16-14(19)11-4-2-10(8-15)3-5-11/h2-7,9H,8,15H2,1H3,(H,16,19). The number of benzene rings is 1. The summed E-state index contributed by atoms with van der Waals surface area (Å²) >= 11 is 0. The van der Waals surface area contributed by atoms with Gasteiger partial charge in [0.1, 0.15) is 0 Å². The number of nitrogens with zero attached hydrogens (tertiary/aromatic N) is 1. The molecule has 0 bridgehead atoms. The van der Waals surface area contributed by atoms with Crippen LogP contribution in [-0.2, 0) is 13.6 Å². The van der Waals surface area contributed by atoms with Gasteiger partial charge >= 0.3 is 0 Å². The lowest BCUT2D eigenvalue weighted by Crippen LogP contribution is -2.18. The van der Waals surface area contributed by atoms with Crippen molar-refractivity contribution in [2.75, 3.05) is 5.32 Å². The Kier molecular flexibility index (Phi) is 3.77. The van der Waals surface area contributed by atoms with E-state index in [1.807, 2.05) is 12.1 Å². The molecule has 0 aliphatic heterocycles. The summed E-state index contributed by atoms with van der Waals surface area (Å²) in [5.74, 6) is -0.220. The van der Waals surface area contributed by atoms with Crippen LogP contribution in [0.25, 0.3) is 0 Å². The van der Waals surface area contributed by atoms with E-state index in [0.717, 1.165) is 5.56 Å². The highest BCUT2D eigenvalue weighted by molar-refractivity contribution is 6.04. The van der Waals surface area contributed by atoms with Crippen molar-refractivity contribution in [3.05, 3.63) is 64.1 Å². The molecule has 1 amide bonds. The number of carbonyl (C=O) groups excluding carboxylic acids is 1. The van der Waals surface area contributed by atoms with Crippen molar-refractivity contribution in [1.29, 1.82) is 0 Å². The summed E-state index contributed by atoms with van der Waals surface area (Å²) in [5, 5.41) is 2.73. The van der Waals surface area contributed by atoms with Crippen LogP contribution in [0, 0.1) is 0 Å². The first kappa shape index (κ1) is 13.0. The molecule has 0 aliphatic rings. The van der Waals surface area contributed by atoms with Crippen LogP contribution in [-0.4, -0.2) is 10.5 Å². The van der Waals surface area contributed by atoms with E-state index in [-0.39, 0.29) is 11.5 Å². The van der Waals surface area contributed by atoms with Crippen molar-refractivity contribution < 1.29 is 4.79 Å². The van der Waals surface area contributed by atoms with Crippen molar-refractivity contribution in [3.63, 3.8) is 0 Å². The van der Waals surface area contributed by atoms with Crippen LogP contribution in [0.2, 0.25) is 0 Å². The highest BCUT2D eigenvalue weighted by atomic mass is 16.1. The van der Waals surface area contributed by atoms with Crippen LogP contribution in [0.1, 0.15) is 15.9 Å². The minimum absolute atomic E-state index is 0.120. The molecule has 19 heavy (non-hydrogen) atoms. The molecule has 0 fully saturated rings. The molecule has 2 rings (SSSR count). The first-order valence-corrected chi connectivity index (χ1v) is 5.87. The van der Waals surface area contributed by atoms with Gasteiger partial charge in [-0.25, -0.2) is 0 Å². The molecule has 3 N–H and O–H groups in total. The lowest BCUT2D eigenvalue weighted by atomic mass is 10.1.